The zero-order valence-corrected chi connectivity index (χ0v) is 15.8. The van der Waals surface area contributed by atoms with E-state index in [0.29, 0.717) is 0 Å². The Morgan fingerprint density at radius 2 is 0.621 bits per heavy atom. The SMILES string of the molecule is c1ccc2c(Oc3c4ccccc4cc4ccccc34)c3ccccc3cc2c1. The van der Waals surface area contributed by atoms with Gasteiger partial charge in [0, 0.05) is 21.5 Å². The van der Waals surface area contributed by atoms with Gasteiger partial charge in [-0.3, -0.25) is 0 Å². The summed E-state index contributed by atoms with van der Waals surface area (Å²) in [5.41, 5.74) is 0. The second kappa shape index (κ2) is 6.35. The standard InChI is InChI=1S/C28H18O/c1-5-13-23-19(9-1)17-20-10-2-6-14-24(20)27(23)29-28-25-15-7-3-11-21(25)18-22-12-4-8-16-26(22)28/h1-18H. The predicted octanol–water partition coefficient (Wildman–Crippen LogP) is 8.09. The second-order valence-corrected chi connectivity index (χ2v) is 7.40. The number of hydrogen-bond donors (Lipinski definition) is 0. The van der Waals surface area contributed by atoms with Crippen molar-refractivity contribution in [2.75, 3.05) is 0 Å². The quantitative estimate of drug-likeness (QED) is 0.280. The van der Waals surface area contributed by atoms with Crippen molar-refractivity contribution in [2.45, 2.75) is 0 Å². The summed E-state index contributed by atoms with van der Waals surface area (Å²) in [5, 5.41) is 9.26. The highest BCUT2D eigenvalue weighted by molar-refractivity contribution is 6.08. The predicted molar refractivity (Wildman–Crippen MR) is 123 cm³/mol. The molecule has 0 aliphatic rings. The normalized spacial score (nSPS) is 11.4. The summed E-state index contributed by atoms with van der Waals surface area (Å²) >= 11 is 0. The van der Waals surface area contributed by atoms with Gasteiger partial charge in [0.05, 0.1) is 0 Å². The average Bonchev–Trinajstić information content (AvgIpc) is 2.78. The van der Waals surface area contributed by atoms with E-state index in [1.165, 1.54) is 21.5 Å². The molecule has 1 heteroatoms. The molecule has 0 amide bonds. The van der Waals surface area contributed by atoms with Gasteiger partial charge in [0.15, 0.2) is 0 Å². The molecule has 0 bridgehead atoms. The van der Waals surface area contributed by atoms with Crippen LogP contribution in [0.1, 0.15) is 0 Å². The minimum absolute atomic E-state index is 0.917. The van der Waals surface area contributed by atoms with E-state index < -0.39 is 0 Å². The van der Waals surface area contributed by atoms with Gasteiger partial charge >= 0.3 is 0 Å². The Labute approximate surface area is 168 Å². The largest absolute Gasteiger partial charge is 0.455 e. The van der Waals surface area contributed by atoms with Gasteiger partial charge in [-0.1, -0.05) is 97.1 Å². The van der Waals surface area contributed by atoms with E-state index in [4.69, 9.17) is 4.74 Å². The maximum Gasteiger partial charge on any atom is 0.143 e. The van der Waals surface area contributed by atoms with Crippen LogP contribution in [0.15, 0.2) is 109 Å². The van der Waals surface area contributed by atoms with Gasteiger partial charge in [0.2, 0.25) is 0 Å². The van der Waals surface area contributed by atoms with E-state index in [-0.39, 0.29) is 0 Å². The highest BCUT2D eigenvalue weighted by Gasteiger charge is 2.14. The number of fused-ring (bicyclic) bond motifs is 4. The highest BCUT2D eigenvalue weighted by Crippen LogP contribution is 2.42. The molecule has 1 nitrogen and oxygen atoms in total. The maximum absolute atomic E-state index is 6.83. The summed E-state index contributed by atoms with van der Waals surface area (Å²) < 4.78 is 6.83. The van der Waals surface area contributed by atoms with E-state index in [0.717, 1.165) is 33.0 Å². The number of benzene rings is 6. The van der Waals surface area contributed by atoms with Gasteiger partial charge in [-0.15, -0.1) is 0 Å². The summed E-state index contributed by atoms with van der Waals surface area (Å²) in [5.74, 6) is 1.83. The van der Waals surface area contributed by atoms with Crippen LogP contribution in [0.2, 0.25) is 0 Å². The van der Waals surface area contributed by atoms with Crippen molar-refractivity contribution < 1.29 is 4.74 Å². The molecule has 29 heavy (non-hydrogen) atoms. The fraction of sp³-hybridized carbons (Fsp3) is 0. The molecule has 0 unspecified atom stereocenters. The first-order chi connectivity index (χ1) is 14.4. The first-order valence-electron chi connectivity index (χ1n) is 9.87. The van der Waals surface area contributed by atoms with Crippen LogP contribution in [0.5, 0.6) is 11.5 Å². The summed E-state index contributed by atoms with van der Waals surface area (Å²) in [6.45, 7) is 0. The van der Waals surface area contributed by atoms with Crippen molar-refractivity contribution in [3.05, 3.63) is 109 Å². The zero-order chi connectivity index (χ0) is 19.2. The van der Waals surface area contributed by atoms with Crippen molar-refractivity contribution in [1.29, 1.82) is 0 Å². The fourth-order valence-corrected chi connectivity index (χ4v) is 4.27. The van der Waals surface area contributed by atoms with Gasteiger partial charge in [0.25, 0.3) is 0 Å². The van der Waals surface area contributed by atoms with Gasteiger partial charge < -0.3 is 4.74 Å². The van der Waals surface area contributed by atoms with Crippen LogP contribution in [-0.4, -0.2) is 0 Å². The third-order valence-electron chi connectivity index (χ3n) is 5.65. The fourth-order valence-electron chi connectivity index (χ4n) is 4.27. The van der Waals surface area contributed by atoms with Crippen LogP contribution in [0.3, 0.4) is 0 Å². The average molecular weight is 370 g/mol. The first kappa shape index (κ1) is 16.1. The van der Waals surface area contributed by atoms with Crippen LogP contribution >= 0.6 is 0 Å². The van der Waals surface area contributed by atoms with Crippen molar-refractivity contribution >= 4 is 43.1 Å². The molecular formula is C28H18O. The molecule has 0 N–H and O–H groups in total. The van der Waals surface area contributed by atoms with Gasteiger partial charge in [-0.05, 0) is 33.7 Å². The van der Waals surface area contributed by atoms with Gasteiger partial charge in [-0.25, -0.2) is 0 Å². The minimum Gasteiger partial charge on any atom is -0.455 e. The molecule has 0 radical (unpaired) electrons. The molecule has 136 valence electrons. The lowest BCUT2D eigenvalue weighted by atomic mass is 10.0. The van der Waals surface area contributed by atoms with E-state index in [1.54, 1.807) is 0 Å². The third kappa shape index (κ3) is 2.55. The third-order valence-corrected chi connectivity index (χ3v) is 5.65. The van der Waals surface area contributed by atoms with Crippen molar-refractivity contribution in [3.8, 4) is 11.5 Å². The van der Waals surface area contributed by atoms with Crippen LogP contribution in [0, 0.1) is 0 Å². The molecule has 0 atom stereocenters. The molecule has 0 aromatic heterocycles. The Hall–Kier alpha value is -3.84. The molecule has 0 saturated heterocycles. The van der Waals surface area contributed by atoms with Crippen LogP contribution in [-0.2, 0) is 0 Å². The Morgan fingerprint density at radius 3 is 0.931 bits per heavy atom. The molecule has 6 rings (SSSR count). The maximum atomic E-state index is 6.83. The summed E-state index contributed by atoms with van der Waals surface area (Å²) in [4.78, 5) is 0. The van der Waals surface area contributed by atoms with Crippen LogP contribution < -0.4 is 4.74 Å². The first-order valence-corrected chi connectivity index (χ1v) is 9.87. The Kier molecular flexibility index (Phi) is 3.54. The van der Waals surface area contributed by atoms with Gasteiger partial charge in [-0.2, -0.15) is 0 Å². The lowest BCUT2D eigenvalue weighted by Crippen LogP contribution is -1.91. The molecule has 0 fully saturated rings. The van der Waals surface area contributed by atoms with E-state index in [9.17, 15) is 0 Å². The molecular weight excluding hydrogens is 352 g/mol. The number of rotatable bonds is 2. The second-order valence-electron chi connectivity index (χ2n) is 7.40. The molecule has 6 aromatic carbocycles. The van der Waals surface area contributed by atoms with Crippen LogP contribution in [0.4, 0.5) is 0 Å². The molecule has 0 aliphatic heterocycles. The van der Waals surface area contributed by atoms with E-state index in [1.807, 2.05) is 0 Å². The van der Waals surface area contributed by atoms with Gasteiger partial charge in [0.1, 0.15) is 11.5 Å². The molecule has 6 aromatic rings. The molecule has 0 aliphatic carbocycles. The van der Waals surface area contributed by atoms with E-state index >= 15 is 0 Å². The summed E-state index contributed by atoms with van der Waals surface area (Å²) in [7, 11) is 0. The lowest BCUT2D eigenvalue weighted by molar-refractivity contribution is 0.505. The number of ether oxygens (including phenoxy) is 1. The smallest absolute Gasteiger partial charge is 0.143 e. The Bertz CT molecular complexity index is 1300. The van der Waals surface area contributed by atoms with Crippen molar-refractivity contribution in [2.24, 2.45) is 0 Å². The molecule has 0 spiro atoms. The topological polar surface area (TPSA) is 9.23 Å². The number of hydrogen-bond acceptors (Lipinski definition) is 1. The lowest BCUT2D eigenvalue weighted by Gasteiger charge is -2.16. The van der Waals surface area contributed by atoms with Crippen molar-refractivity contribution in [1.82, 2.24) is 0 Å². The monoisotopic (exact) mass is 370 g/mol. The zero-order valence-electron chi connectivity index (χ0n) is 15.8. The Balaban J connectivity index is 1.73. The Morgan fingerprint density at radius 1 is 0.345 bits per heavy atom. The highest BCUT2D eigenvalue weighted by atomic mass is 16.5. The molecule has 0 heterocycles. The minimum atomic E-state index is 0.917. The molecule has 0 saturated carbocycles. The summed E-state index contributed by atoms with van der Waals surface area (Å²) in [6.07, 6.45) is 0. The van der Waals surface area contributed by atoms with E-state index in [2.05, 4.69) is 109 Å². The summed E-state index contributed by atoms with van der Waals surface area (Å²) in [6, 6.07) is 38.2. The van der Waals surface area contributed by atoms with Crippen LogP contribution in [0.25, 0.3) is 43.1 Å². The van der Waals surface area contributed by atoms with Crippen molar-refractivity contribution in [3.63, 3.8) is 0 Å².